The molecule has 1 N–H and O–H groups in total. The number of aliphatic carboxylic acids is 1. The van der Waals surface area contributed by atoms with Crippen molar-refractivity contribution in [3.63, 3.8) is 0 Å². The zero-order valence-electron chi connectivity index (χ0n) is 13.5. The Kier molecular flexibility index (Phi) is 5.01. The SMILES string of the molecule is CCOC(=O)c1c(C)oc2cc(Cl)c(OC(C)(C)C(=O)O)c(Cl)c12. The minimum atomic E-state index is -1.57. The number of benzene rings is 1. The molecule has 2 aromatic rings. The number of hydrogen-bond acceptors (Lipinski definition) is 5. The number of fused-ring (bicyclic) bond motifs is 1. The normalized spacial score (nSPS) is 11.6. The lowest BCUT2D eigenvalue weighted by Gasteiger charge is -2.23. The van der Waals surface area contributed by atoms with Crippen LogP contribution >= 0.6 is 23.2 Å². The van der Waals surface area contributed by atoms with Crippen LogP contribution in [0.3, 0.4) is 0 Å². The Morgan fingerprint density at radius 2 is 1.96 bits per heavy atom. The number of ether oxygens (including phenoxy) is 2. The van der Waals surface area contributed by atoms with Crippen LogP contribution in [0.25, 0.3) is 11.0 Å². The van der Waals surface area contributed by atoms with Gasteiger partial charge in [0.15, 0.2) is 11.4 Å². The summed E-state index contributed by atoms with van der Waals surface area (Å²) in [5.74, 6) is -1.51. The molecule has 0 saturated carbocycles. The van der Waals surface area contributed by atoms with Gasteiger partial charge in [-0.2, -0.15) is 0 Å². The topological polar surface area (TPSA) is 86.0 Å². The van der Waals surface area contributed by atoms with Gasteiger partial charge in [0.2, 0.25) is 0 Å². The van der Waals surface area contributed by atoms with E-state index in [1.54, 1.807) is 13.8 Å². The number of carbonyl (C=O) groups is 2. The third kappa shape index (κ3) is 3.16. The minimum absolute atomic E-state index is 0.00766. The van der Waals surface area contributed by atoms with Gasteiger partial charge in [-0.15, -0.1) is 0 Å². The lowest BCUT2D eigenvalue weighted by molar-refractivity contribution is -0.152. The zero-order valence-corrected chi connectivity index (χ0v) is 15.0. The largest absolute Gasteiger partial charge is 0.478 e. The van der Waals surface area contributed by atoms with Gasteiger partial charge in [-0.05, 0) is 27.7 Å². The van der Waals surface area contributed by atoms with Gasteiger partial charge in [0, 0.05) is 6.07 Å². The van der Waals surface area contributed by atoms with Crippen molar-refractivity contribution in [3.8, 4) is 5.75 Å². The first-order valence-corrected chi connectivity index (χ1v) is 7.86. The van der Waals surface area contributed by atoms with Gasteiger partial charge >= 0.3 is 11.9 Å². The van der Waals surface area contributed by atoms with E-state index in [9.17, 15) is 14.7 Å². The molecule has 0 bridgehead atoms. The summed E-state index contributed by atoms with van der Waals surface area (Å²) in [5, 5.41) is 9.55. The van der Waals surface area contributed by atoms with Gasteiger partial charge in [-0.3, -0.25) is 0 Å². The highest BCUT2D eigenvalue weighted by atomic mass is 35.5. The molecule has 0 amide bonds. The smallest absolute Gasteiger partial charge is 0.347 e. The van der Waals surface area contributed by atoms with E-state index in [4.69, 9.17) is 37.1 Å². The van der Waals surface area contributed by atoms with Crippen LogP contribution in [0.1, 0.15) is 36.9 Å². The minimum Gasteiger partial charge on any atom is -0.478 e. The van der Waals surface area contributed by atoms with Crippen molar-refractivity contribution in [2.45, 2.75) is 33.3 Å². The molecule has 0 aliphatic carbocycles. The van der Waals surface area contributed by atoms with Crippen molar-refractivity contribution in [1.29, 1.82) is 0 Å². The van der Waals surface area contributed by atoms with Crippen molar-refractivity contribution in [1.82, 2.24) is 0 Å². The van der Waals surface area contributed by atoms with Crippen molar-refractivity contribution < 1.29 is 28.6 Å². The number of halogens is 2. The molecule has 1 aromatic heterocycles. The Morgan fingerprint density at radius 1 is 1.33 bits per heavy atom. The van der Waals surface area contributed by atoms with E-state index in [-0.39, 0.29) is 38.9 Å². The average molecular weight is 375 g/mol. The molecule has 1 aromatic carbocycles. The van der Waals surface area contributed by atoms with Gasteiger partial charge in [-0.25, -0.2) is 9.59 Å². The summed E-state index contributed by atoms with van der Waals surface area (Å²) in [6.45, 7) is 6.18. The summed E-state index contributed by atoms with van der Waals surface area (Å²) in [5.41, 5.74) is -1.12. The third-order valence-electron chi connectivity index (χ3n) is 3.36. The van der Waals surface area contributed by atoms with E-state index in [2.05, 4.69) is 0 Å². The molecule has 6 nitrogen and oxygen atoms in total. The van der Waals surface area contributed by atoms with Crippen LogP contribution in [-0.2, 0) is 9.53 Å². The van der Waals surface area contributed by atoms with E-state index < -0.39 is 17.5 Å². The van der Waals surface area contributed by atoms with Crippen LogP contribution in [0.15, 0.2) is 10.5 Å². The molecule has 2 rings (SSSR count). The molecular formula is C16H16Cl2O6. The molecule has 0 atom stereocenters. The number of carboxylic acid groups (broad SMARTS) is 1. The lowest BCUT2D eigenvalue weighted by Crippen LogP contribution is -2.38. The molecule has 0 fully saturated rings. The Balaban J connectivity index is 2.69. The number of furan rings is 1. The second-order valence-electron chi connectivity index (χ2n) is 5.55. The van der Waals surface area contributed by atoms with Gasteiger partial charge in [-0.1, -0.05) is 23.2 Å². The van der Waals surface area contributed by atoms with Crippen LogP contribution in [0.4, 0.5) is 0 Å². The summed E-state index contributed by atoms with van der Waals surface area (Å²) in [6.07, 6.45) is 0. The third-order valence-corrected chi connectivity index (χ3v) is 4.00. The fraction of sp³-hybridized carbons (Fsp3) is 0.375. The highest BCUT2D eigenvalue weighted by molar-refractivity contribution is 6.42. The van der Waals surface area contributed by atoms with Crippen LogP contribution in [-0.4, -0.2) is 29.3 Å². The van der Waals surface area contributed by atoms with E-state index in [0.717, 1.165) is 0 Å². The predicted octanol–water partition coefficient (Wildman–Crippen LogP) is 4.47. The number of carbonyl (C=O) groups excluding carboxylic acids is 1. The summed E-state index contributed by atoms with van der Waals surface area (Å²) in [6, 6.07) is 1.42. The maximum absolute atomic E-state index is 12.2. The molecule has 0 unspecified atom stereocenters. The standard InChI is InChI=1S/C16H16Cl2O6/c1-5-22-14(19)10-7(2)23-9-6-8(17)13(12(18)11(9)10)24-16(3,4)15(20)21/h6H,5H2,1-4H3,(H,20,21). The molecular weight excluding hydrogens is 359 g/mol. The Hall–Kier alpha value is -1.92. The summed E-state index contributed by atoms with van der Waals surface area (Å²) in [4.78, 5) is 23.4. The number of rotatable bonds is 5. The number of carboxylic acids is 1. The molecule has 0 radical (unpaired) electrons. The van der Waals surface area contributed by atoms with Crippen molar-refractivity contribution >= 4 is 46.1 Å². The first-order chi connectivity index (χ1) is 11.1. The predicted molar refractivity (Wildman–Crippen MR) is 89.3 cm³/mol. The first-order valence-electron chi connectivity index (χ1n) is 7.10. The molecule has 24 heavy (non-hydrogen) atoms. The Morgan fingerprint density at radius 3 is 2.50 bits per heavy atom. The van der Waals surface area contributed by atoms with Gasteiger partial charge < -0.3 is 19.0 Å². The van der Waals surface area contributed by atoms with E-state index in [1.165, 1.54) is 19.9 Å². The summed E-state index contributed by atoms with van der Waals surface area (Å²) >= 11 is 12.5. The fourth-order valence-corrected chi connectivity index (χ4v) is 2.73. The Labute approximate surface area is 148 Å². The monoisotopic (exact) mass is 374 g/mol. The number of hydrogen-bond donors (Lipinski definition) is 1. The molecule has 0 aliphatic heterocycles. The fourth-order valence-electron chi connectivity index (χ4n) is 2.13. The van der Waals surface area contributed by atoms with Crippen molar-refractivity contribution in [2.75, 3.05) is 6.61 Å². The van der Waals surface area contributed by atoms with E-state index in [1.807, 2.05) is 0 Å². The molecule has 130 valence electrons. The van der Waals surface area contributed by atoms with Gasteiger partial charge in [0.1, 0.15) is 16.9 Å². The van der Waals surface area contributed by atoms with Crippen LogP contribution in [0.2, 0.25) is 10.0 Å². The van der Waals surface area contributed by atoms with Crippen LogP contribution in [0, 0.1) is 6.92 Å². The molecule has 0 spiro atoms. The lowest BCUT2D eigenvalue weighted by atomic mass is 10.1. The average Bonchev–Trinajstić information content (AvgIpc) is 2.79. The zero-order chi connectivity index (χ0) is 18.2. The number of esters is 1. The second kappa shape index (κ2) is 6.53. The quantitative estimate of drug-likeness (QED) is 0.777. The maximum Gasteiger partial charge on any atom is 0.347 e. The first kappa shape index (κ1) is 18.4. The molecule has 0 aliphatic rings. The van der Waals surface area contributed by atoms with Crippen molar-refractivity contribution in [3.05, 3.63) is 27.4 Å². The van der Waals surface area contributed by atoms with Crippen molar-refractivity contribution in [2.24, 2.45) is 0 Å². The highest BCUT2D eigenvalue weighted by Gasteiger charge is 2.33. The molecule has 1 heterocycles. The maximum atomic E-state index is 12.2. The van der Waals surface area contributed by atoms with Gasteiger partial charge in [0.25, 0.3) is 0 Å². The summed E-state index contributed by atoms with van der Waals surface area (Å²) < 4.78 is 16.0. The van der Waals surface area contributed by atoms with E-state index in [0.29, 0.717) is 5.76 Å². The second-order valence-corrected chi connectivity index (χ2v) is 6.33. The van der Waals surface area contributed by atoms with Crippen LogP contribution in [0.5, 0.6) is 5.75 Å². The van der Waals surface area contributed by atoms with E-state index >= 15 is 0 Å². The molecule has 8 heteroatoms. The van der Waals surface area contributed by atoms with Gasteiger partial charge in [0.05, 0.1) is 22.0 Å². The van der Waals surface area contributed by atoms with Crippen LogP contribution < -0.4 is 4.74 Å². The molecule has 0 saturated heterocycles. The Bertz CT molecular complexity index is 822. The number of aryl methyl sites for hydroxylation is 1. The highest BCUT2D eigenvalue weighted by Crippen LogP contribution is 2.44. The summed E-state index contributed by atoms with van der Waals surface area (Å²) in [7, 11) is 0.